The summed E-state index contributed by atoms with van der Waals surface area (Å²) < 4.78 is 0. The lowest BCUT2D eigenvalue weighted by atomic mass is 10.1. The molecule has 0 unspecified atom stereocenters. The Bertz CT molecular complexity index is 462. The van der Waals surface area contributed by atoms with Crippen molar-refractivity contribution in [3.63, 3.8) is 0 Å². The van der Waals surface area contributed by atoms with Crippen molar-refractivity contribution < 1.29 is 19.5 Å². The minimum atomic E-state index is -1.14. The maximum absolute atomic E-state index is 12.4. The van der Waals surface area contributed by atoms with Gasteiger partial charge in [0.1, 0.15) is 12.1 Å². The van der Waals surface area contributed by atoms with E-state index in [0.717, 1.165) is 25.8 Å². The van der Waals surface area contributed by atoms with Crippen molar-refractivity contribution in [1.29, 1.82) is 0 Å². The van der Waals surface area contributed by atoms with Crippen LogP contribution in [0.25, 0.3) is 0 Å². The topological polar surface area (TPSA) is 125 Å². The highest BCUT2D eigenvalue weighted by atomic mass is 16.3. The Labute approximate surface area is 135 Å². The third-order valence-corrected chi connectivity index (χ3v) is 4.55. The molecule has 3 amide bonds. The van der Waals surface area contributed by atoms with E-state index in [4.69, 9.17) is 5.73 Å². The standard InChI is InChI=1S/C15H26N4O4/c1-9(20)13(14(16)22)18-15(23)11-5-3-7-19(11)12(21)8-10-4-2-6-17-10/h9-11,13,17,20H,2-8H2,1H3,(H2,16,22)(H,18,23)/t9-,10-,11+,13+/m1/s1. The molecule has 0 bridgehead atoms. The minimum absolute atomic E-state index is 0.0466. The van der Waals surface area contributed by atoms with Crippen molar-refractivity contribution in [2.75, 3.05) is 13.1 Å². The fourth-order valence-corrected chi connectivity index (χ4v) is 3.28. The van der Waals surface area contributed by atoms with Crippen molar-refractivity contribution in [3.8, 4) is 0 Å². The van der Waals surface area contributed by atoms with Gasteiger partial charge >= 0.3 is 0 Å². The molecule has 8 heteroatoms. The third-order valence-electron chi connectivity index (χ3n) is 4.55. The molecule has 0 aliphatic carbocycles. The molecule has 4 atom stereocenters. The number of hydrogen-bond donors (Lipinski definition) is 4. The number of amides is 3. The van der Waals surface area contributed by atoms with Crippen LogP contribution in [0.2, 0.25) is 0 Å². The first-order valence-electron chi connectivity index (χ1n) is 8.20. The van der Waals surface area contributed by atoms with Crippen LogP contribution in [-0.4, -0.2) is 65.0 Å². The summed E-state index contributed by atoms with van der Waals surface area (Å²) in [7, 11) is 0. The van der Waals surface area contributed by atoms with Gasteiger partial charge < -0.3 is 26.4 Å². The summed E-state index contributed by atoms with van der Waals surface area (Å²) in [6.45, 7) is 2.86. The fraction of sp³-hybridized carbons (Fsp3) is 0.800. The Morgan fingerprint density at radius 2 is 2.09 bits per heavy atom. The van der Waals surface area contributed by atoms with Gasteiger partial charge in [0.05, 0.1) is 6.10 Å². The lowest BCUT2D eigenvalue weighted by molar-refractivity contribution is -0.140. The Balaban J connectivity index is 1.95. The maximum Gasteiger partial charge on any atom is 0.243 e. The van der Waals surface area contributed by atoms with Crippen LogP contribution in [0.1, 0.15) is 39.0 Å². The molecular weight excluding hydrogens is 300 g/mol. The zero-order chi connectivity index (χ0) is 17.0. The molecule has 5 N–H and O–H groups in total. The lowest BCUT2D eigenvalue weighted by Crippen LogP contribution is -2.56. The molecule has 2 rings (SSSR count). The summed E-state index contributed by atoms with van der Waals surface area (Å²) in [4.78, 5) is 37.7. The van der Waals surface area contributed by atoms with Gasteiger partial charge in [-0.3, -0.25) is 14.4 Å². The Morgan fingerprint density at radius 3 is 2.65 bits per heavy atom. The van der Waals surface area contributed by atoms with E-state index in [1.165, 1.54) is 6.92 Å². The van der Waals surface area contributed by atoms with Crippen LogP contribution in [0.3, 0.4) is 0 Å². The number of carbonyl (C=O) groups is 3. The second-order valence-corrected chi connectivity index (χ2v) is 6.37. The summed E-state index contributed by atoms with van der Waals surface area (Å²) >= 11 is 0. The van der Waals surface area contributed by atoms with E-state index in [1.54, 1.807) is 4.90 Å². The fourth-order valence-electron chi connectivity index (χ4n) is 3.28. The smallest absolute Gasteiger partial charge is 0.243 e. The molecule has 0 saturated carbocycles. The average Bonchev–Trinajstić information content (AvgIpc) is 3.14. The van der Waals surface area contributed by atoms with Crippen molar-refractivity contribution in [3.05, 3.63) is 0 Å². The number of likely N-dealkylation sites (tertiary alicyclic amines) is 1. The van der Waals surface area contributed by atoms with Crippen LogP contribution < -0.4 is 16.4 Å². The molecule has 0 aromatic rings. The summed E-state index contributed by atoms with van der Waals surface area (Å²) in [5, 5.41) is 15.3. The number of nitrogens with two attached hydrogens (primary N) is 1. The van der Waals surface area contributed by atoms with E-state index >= 15 is 0 Å². The average molecular weight is 326 g/mol. The van der Waals surface area contributed by atoms with E-state index < -0.39 is 30.0 Å². The highest BCUT2D eigenvalue weighted by Crippen LogP contribution is 2.20. The van der Waals surface area contributed by atoms with Crippen molar-refractivity contribution >= 4 is 17.7 Å². The molecule has 2 fully saturated rings. The number of hydrogen-bond acceptors (Lipinski definition) is 5. The molecule has 0 aromatic heterocycles. The van der Waals surface area contributed by atoms with Gasteiger partial charge in [-0.2, -0.15) is 0 Å². The number of rotatable bonds is 6. The number of nitrogens with zero attached hydrogens (tertiary/aromatic N) is 1. The molecule has 2 aliphatic heterocycles. The first-order chi connectivity index (χ1) is 10.9. The van der Waals surface area contributed by atoms with E-state index in [-0.39, 0.29) is 11.9 Å². The second kappa shape index (κ2) is 7.74. The Kier molecular flexibility index (Phi) is 5.95. The molecule has 23 heavy (non-hydrogen) atoms. The monoisotopic (exact) mass is 326 g/mol. The Hall–Kier alpha value is -1.67. The van der Waals surface area contributed by atoms with E-state index in [2.05, 4.69) is 10.6 Å². The van der Waals surface area contributed by atoms with Crippen LogP contribution in [0.15, 0.2) is 0 Å². The number of nitrogens with one attached hydrogen (secondary N) is 2. The van der Waals surface area contributed by atoms with Crippen LogP contribution in [0.4, 0.5) is 0 Å². The zero-order valence-corrected chi connectivity index (χ0v) is 13.5. The number of aliphatic hydroxyl groups excluding tert-OH is 1. The van der Waals surface area contributed by atoms with E-state index in [1.807, 2.05) is 0 Å². The van der Waals surface area contributed by atoms with Crippen molar-refractivity contribution in [1.82, 2.24) is 15.5 Å². The molecule has 2 saturated heterocycles. The van der Waals surface area contributed by atoms with E-state index in [9.17, 15) is 19.5 Å². The highest BCUT2D eigenvalue weighted by Gasteiger charge is 2.37. The molecule has 2 heterocycles. The molecule has 8 nitrogen and oxygen atoms in total. The second-order valence-electron chi connectivity index (χ2n) is 6.37. The van der Waals surface area contributed by atoms with Gasteiger partial charge in [-0.15, -0.1) is 0 Å². The van der Waals surface area contributed by atoms with Gasteiger partial charge in [0.2, 0.25) is 17.7 Å². The SMILES string of the molecule is C[C@@H](O)[C@H](NC(=O)[C@@H]1CCCN1C(=O)C[C@H]1CCCN1)C(N)=O. The van der Waals surface area contributed by atoms with Crippen LogP contribution >= 0.6 is 0 Å². The summed E-state index contributed by atoms with van der Waals surface area (Å²) in [5.74, 6) is -1.27. The Morgan fingerprint density at radius 1 is 1.35 bits per heavy atom. The molecule has 130 valence electrons. The van der Waals surface area contributed by atoms with Gasteiger partial charge in [-0.25, -0.2) is 0 Å². The summed E-state index contributed by atoms with van der Waals surface area (Å²) in [6, 6.07) is -1.55. The van der Waals surface area contributed by atoms with Crippen LogP contribution in [0, 0.1) is 0 Å². The number of carbonyl (C=O) groups excluding carboxylic acids is 3. The summed E-state index contributed by atoms with van der Waals surface area (Å²) in [5.41, 5.74) is 5.19. The quantitative estimate of drug-likeness (QED) is 0.471. The highest BCUT2D eigenvalue weighted by molar-refractivity contribution is 5.92. The zero-order valence-electron chi connectivity index (χ0n) is 13.5. The number of aliphatic hydroxyl groups is 1. The van der Waals surface area contributed by atoms with Gasteiger partial charge in [-0.05, 0) is 39.2 Å². The predicted molar refractivity (Wildman–Crippen MR) is 83.2 cm³/mol. The van der Waals surface area contributed by atoms with E-state index in [0.29, 0.717) is 19.4 Å². The molecule has 0 radical (unpaired) electrons. The minimum Gasteiger partial charge on any atom is -0.391 e. The van der Waals surface area contributed by atoms with Crippen LogP contribution in [-0.2, 0) is 14.4 Å². The molecule has 0 spiro atoms. The molecule has 2 aliphatic rings. The van der Waals surface area contributed by atoms with Gasteiger partial charge in [0.15, 0.2) is 0 Å². The number of primary amides is 1. The third kappa shape index (κ3) is 4.42. The first-order valence-corrected chi connectivity index (χ1v) is 8.20. The normalized spacial score (nSPS) is 26.8. The first kappa shape index (κ1) is 17.7. The van der Waals surface area contributed by atoms with Crippen LogP contribution in [0.5, 0.6) is 0 Å². The van der Waals surface area contributed by atoms with Gasteiger partial charge in [0.25, 0.3) is 0 Å². The molecular formula is C15H26N4O4. The lowest BCUT2D eigenvalue weighted by Gasteiger charge is -2.27. The summed E-state index contributed by atoms with van der Waals surface area (Å²) in [6.07, 6.45) is 2.65. The predicted octanol–water partition coefficient (Wildman–Crippen LogP) is -1.53. The van der Waals surface area contributed by atoms with Gasteiger partial charge in [-0.1, -0.05) is 0 Å². The largest absolute Gasteiger partial charge is 0.391 e. The van der Waals surface area contributed by atoms with Crippen molar-refractivity contribution in [2.45, 2.75) is 63.3 Å². The van der Waals surface area contributed by atoms with Crippen molar-refractivity contribution in [2.24, 2.45) is 5.73 Å². The van der Waals surface area contributed by atoms with Gasteiger partial charge in [0, 0.05) is 19.0 Å². The maximum atomic E-state index is 12.4. The molecule has 0 aromatic carbocycles.